The molecule has 4 nitrogen and oxygen atoms in total. The van der Waals surface area contributed by atoms with Gasteiger partial charge in [0.2, 0.25) is 0 Å². The fourth-order valence-corrected chi connectivity index (χ4v) is 1.64. The fraction of sp³-hybridized carbons (Fsp3) is 0.615. The minimum absolute atomic E-state index is 0.359. The second-order valence-corrected chi connectivity index (χ2v) is 4.64. The predicted octanol–water partition coefficient (Wildman–Crippen LogP) is 2.56. The number of carbonyl (C=O) groups is 1. The lowest BCUT2D eigenvalue weighted by Crippen LogP contribution is -2.13. The second-order valence-electron chi connectivity index (χ2n) is 4.64. The average Bonchev–Trinajstić information content (AvgIpc) is 2.59. The highest BCUT2D eigenvalue weighted by atomic mass is 16.5. The number of rotatable bonds is 7. The van der Waals surface area contributed by atoms with Crippen molar-refractivity contribution in [2.24, 2.45) is 5.92 Å². The Balaban J connectivity index is 2.39. The molecule has 0 fully saturated rings. The van der Waals surface area contributed by atoms with Crippen LogP contribution in [-0.4, -0.2) is 28.9 Å². The number of ether oxygens (including phenoxy) is 1. The van der Waals surface area contributed by atoms with Crippen molar-refractivity contribution >= 4 is 5.97 Å². The van der Waals surface area contributed by atoms with Gasteiger partial charge in [0.15, 0.2) is 0 Å². The number of nitrogens with zero attached hydrogens (tertiary/aromatic N) is 1. The summed E-state index contributed by atoms with van der Waals surface area (Å²) in [6, 6.07) is 1.82. The highest BCUT2D eigenvalue weighted by Gasteiger charge is 2.12. The van der Waals surface area contributed by atoms with E-state index in [0.29, 0.717) is 24.8 Å². The van der Waals surface area contributed by atoms with E-state index in [-0.39, 0.29) is 0 Å². The summed E-state index contributed by atoms with van der Waals surface area (Å²) >= 11 is 0. The first-order valence-corrected chi connectivity index (χ1v) is 5.99. The molecular formula is C13H21NO3. The van der Waals surface area contributed by atoms with E-state index in [0.717, 1.165) is 18.6 Å². The molecule has 0 aliphatic rings. The number of hydrogen-bond donors (Lipinski definition) is 1. The summed E-state index contributed by atoms with van der Waals surface area (Å²) < 4.78 is 7.21. The van der Waals surface area contributed by atoms with Crippen LogP contribution in [0.5, 0.6) is 0 Å². The van der Waals surface area contributed by atoms with Crippen molar-refractivity contribution in [3.8, 4) is 0 Å². The fourth-order valence-electron chi connectivity index (χ4n) is 1.64. The van der Waals surface area contributed by atoms with Crippen LogP contribution in [0.3, 0.4) is 0 Å². The van der Waals surface area contributed by atoms with Crippen molar-refractivity contribution in [3.63, 3.8) is 0 Å². The summed E-state index contributed by atoms with van der Waals surface area (Å²) in [5.74, 6) is -0.243. The SMILES string of the molecule is Cc1ccn(CCOCCC(C)C)c1C(=O)O. The lowest BCUT2D eigenvalue weighted by Gasteiger charge is -2.09. The maximum atomic E-state index is 11.0. The van der Waals surface area contributed by atoms with Crippen LogP contribution >= 0.6 is 0 Å². The summed E-state index contributed by atoms with van der Waals surface area (Å²) in [6.07, 6.45) is 2.83. The highest BCUT2D eigenvalue weighted by Crippen LogP contribution is 2.10. The van der Waals surface area contributed by atoms with E-state index in [4.69, 9.17) is 9.84 Å². The topological polar surface area (TPSA) is 51.5 Å². The molecule has 17 heavy (non-hydrogen) atoms. The Morgan fingerprint density at radius 1 is 1.47 bits per heavy atom. The lowest BCUT2D eigenvalue weighted by atomic mass is 10.1. The van der Waals surface area contributed by atoms with Gasteiger partial charge >= 0.3 is 5.97 Å². The van der Waals surface area contributed by atoms with Crippen LogP contribution in [0.25, 0.3) is 0 Å². The highest BCUT2D eigenvalue weighted by molar-refractivity contribution is 5.87. The van der Waals surface area contributed by atoms with Crippen LogP contribution in [0.4, 0.5) is 0 Å². The van der Waals surface area contributed by atoms with Crippen LogP contribution in [0.15, 0.2) is 12.3 Å². The molecule has 0 aromatic carbocycles. The summed E-state index contributed by atoms with van der Waals surface area (Å²) in [5.41, 5.74) is 1.15. The van der Waals surface area contributed by atoms with Crippen LogP contribution in [0, 0.1) is 12.8 Å². The normalized spacial score (nSPS) is 11.1. The maximum absolute atomic E-state index is 11.0. The summed E-state index contributed by atoms with van der Waals surface area (Å²) in [5, 5.41) is 9.05. The largest absolute Gasteiger partial charge is 0.477 e. The monoisotopic (exact) mass is 239 g/mol. The zero-order valence-corrected chi connectivity index (χ0v) is 10.8. The van der Waals surface area contributed by atoms with E-state index >= 15 is 0 Å². The van der Waals surface area contributed by atoms with Crippen LogP contribution < -0.4 is 0 Å². The van der Waals surface area contributed by atoms with Crippen molar-refractivity contribution in [2.45, 2.75) is 33.7 Å². The van der Waals surface area contributed by atoms with E-state index in [1.807, 2.05) is 6.07 Å². The Labute approximate surface area is 102 Å². The third-order valence-electron chi connectivity index (χ3n) is 2.68. The van der Waals surface area contributed by atoms with Gasteiger partial charge in [-0.05, 0) is 30.9 Å². The minimum atomic E-state index is -0.880. The van der Waals surface area contributed by atoms with Gasteiger partial charge in [0, 0.05) is 19.3 Å². The van der Waals surface area contributed by atoms with Crippen molar-refractivity contribution in [2.75, 3.05) is 13.2 Å². The molecule has 0 aliphatic carbocycles. The van der Waals surface area contributed by atoms with Gasteiger partial charge in [-0.2, -0.15) is 0 Å². The van der Waals surface area contributed by atoms with Gasteiger partial charge in [-0.15, -0.1) is 0 Å². The molecule has 0 radical (unpaired) electrons. The van der Waals surface area contributed by atoms with Crippen molar-refractivity contribution in [3.05, 3.63) is 23.5 Å². The first kappa shape index (κ1) is 13.8. The number of hydrogen-bond acceptors (Lipinski definition) is 2. The van der Waals surface area contributed by atoms with Gasteiger partial charge in [-0.1, -0.05) is 13.8 Å². The van der Waals surface area contributed by atoms with Crippen molar-refractivity contribution in [1.82, 2.24) is 4.57 Å². The Morgan fingerprint density at radius 2 is 2.18 bits per heavy atom. The molecule has 1 heterocycles. The van der Waals surface area contributed by atoms with E-state index in [9.17, 15) is 4.79 Å². The third kappa shape index (κ3) is 4.23. The molecule has 1 rings (SSSR count). The molecule has 1 aromatic heterocycles. The molecule has 0 amide bonds. The number of aryl methyl sites for hydroxylation is 1. The number of aromatic carboxylic acids is 1. The van der Waals surface area contributed by atoms with Gasteiger partial charge in [0.1, 0.15) is 5.69 Å². The van der Waals surface area contributed by atoms with Gasteiger partial charge < -0.3 is 14.4 Å². The van der Waals surface area contributed by atoms with Crippen LogP contribution in [-0.2, 0) is 11.3 Å². The first-order valence-electron chi connectivity index (χ1n) is 5.99. The quantitative estimate of drug-likeness (QED) is 0.744. The van der Waals surface area contributed by atoms with E-state index in [1.165, 1.54) is 0 Å². The average molecular weight is 239 g/mol. The van der Waals surface area contributed by atoms with Crippen LogP contribution in [0.2, 0.25) is 0 Å². The van der Waals surface area contributed by atoms with Crippen molar-refractivity contribution < 1.29 is 14.6 Å². The van der Waals surface area contributed by atoms with Gasteiger partial charge in [-0.3, -0.25) is 0 Å². The molecule has 96 valence electrons. The maximum Gasteiger partial charge on any atom is 0.352 e. The molecule has 0 spiro atoms. The standard InChI is InChI=1S/C13H21NO3/c1-10(2)5-8-17-9-7-14-6-4-11(3)12(14)13(15)16/h4,6,10H,5,7-9H2,1-3H3,(H,15,16). The number of carboxylic acid groups (broad SMARTS) is 1. The minimum Gasteiger partial charge on any atom is -0.477 e. The Hall–Kier alpha value is -1.29. The van der Waals surface area contributed by atoms with E-state index < -0.39 is 5.97 Å². The summed E-state index contributed by atoms with van der Waals surface area (Å²) in [4.78, 5) is 11.0. The smallest absolute Gasteiger partial charge is 0.352 e. The van der Waals surface area contributed by atoms with Crippen molar-refractivity contribution in [1.29, 1.82) is 0 Å². The second kappa shape index (κ2) is 6.45. The number of aromatic nitrogens is 1. The molecule has 0 saturated heterocycles. The predicted molar refractivity (Wildman–Crippen MR) is 66.4 cm³/mol. The van der Waals surface area contributed by atoms with Gasteiger partial charge in [0.25, 0.3) is 0 Å². The zero-order chi connectivity index (χ0) is 12.8. The molecule has 1 aromatic rings. The molecular weight excluding hydrogens is 218 g/mol. The Kier molecular flexibility index (Phi) is 5.22. The molecule has 0 unspecified atom stereocenters. The van der Waals surface area contributed by atoms with Gasteiger partial charge in [0.05, 0.1) is 6.61 Å². The van der Waals surface area contributed by atoms with Gasteiger partial charge in [-0.25, -0.2) is 4.79 Å². The molecule has 0 bridgehead atoms. The molecule has 0 aliphatic heterocycles. The molecule has 1 N–H and O–H groups in total. The van der Waals surface area contributed by atoms with Crippen LogP contribution in [0.1, 0.15) is 36.3 Å². The van der Waals surface area contributed by atoms with E-state index in [1.54, 1.807) is 17.7 Å². The molecule has 4 heteroatoms. The van der Waals surface area contributed by atoms with E-state index in [2.05, 4.69) is 13.8 Å². The Bertz CT molecular complexity index is 369. The first-order chi connectivity index (χ1) is 8.02. The zero-order valence-electron chi connectivity index (χ0n) is 10.8. The molecule has 0 atom stereocenters. The third-order valence-corrected chi connectivity index (χ3v) is 2.68. The molecule has 0 saturated carbocycles. The summed E-state index contributed by atoms with van der Waals surface area (Å²) in [6.45, 7) is 8.00. The lowest BCUT2D eigenvalue weighted by molar-refractivity contribution is 0.0678. The number of carboxylic acids is 1. The Morgan fingerprint density at radius 3 is 2.76 bits per heavy atom. The summed E-state index contributed by atoms with van der Waals surface area (Å²) in [7, 11) is 0.